The predicted molar refractivity (Wildman–Crippen MR) is 127 cm³/mol. The van der Waals surface area contributed by atoms with Crippen LogP contribution in [0.15, 0.2) is 78.0 Å². The molecular weight excluding hydrogens is 419 g/mol. The van der Waals surface area contributed by atoms with Gasteiger partial charge in [-0.1, -0.05) is 23.8 Å². The van der Waals surface area contributed by atoms with Crippen LogP contribution in [-0.2, 0) is 4.79 Å². The van der Waals surface area contributed by atoms with E-state index in [2.05, 4.69) is 15.8 Å². The van der Waals surface area contributed by atoms with E-state index in [4.69, 9.17) is 0 Å². The van der Waals surface area contributed by atoms with Crippen molar-refractivity contribution in [1.82, 2.24) is 9.83 Å². The fourth-order valence-corrected chi connectivity index (χ4v) is 3.60. The Bertz CT molecular complexity index is 1340. The van der Waals surface area contributed by atoms with Crippen LogP contribution in [-0.4, -0.2) is 28.9 Å². The quantitative estimate of drug-likeness (QED) is 0.252. The number of amides is 1. The summed E-state index contributed by atoms with van der Waals surface area (Å²) >= 11 is 0. The summed E-state index contributed by atoms with van der Waals surface area (Å²) in [5, 5.41) is 7.14. The van der Waals surface area contributed by atoms with Crippen LogP contribution < -0.4 is 10.7 Å². The summed E-state index contributed by atoms with van der Waals surface area (Å²) in [5.74, 6) is -0.918. The van der Waals surface area contributed by atoms with Crippen LogP contribution in [0.2, 0.25) is 0 Å². The average molecular weight is 442 g/mol. The molecule has 2 heterocycles. The zero-order chi connectivity index (χ0) is 23.4. The molecule has 0 fully saturated rings. The number of fused-ring (bicyclic) bond motifs is 1. The number of anilines is 1. The second kappa shape index (κ2) is 9.48. The van der Waals surface area contributed by atoms with Gasteiger partial charge in [0, 0.05) is 23.0 Å². The van der Waals surface area contributed by atoms with Crippen molar-refractivity contribution < 1.29 is 14.0 Å². The fourth-order valence-electron chi connectivity index (χ4n) is 3.60. The minimum atomic E-state index is -0.399. The summed E-state index contributed by atoms with van der Waals surface area (Å²) in [4.78, 5) is 25.3. The predicted octanol–water partition coefficient (Wildman–Crippen LogP) is 4.49. The van der Waals surface area contributed by atoms with Gasteiger partial charge in [-0.25, -0.2) is 9.82 Å². The molecule has 0 saturated heterocycles. The molecule has 2 aromatic heterocycles. The molecule has 166 valence electrons. The Balaban J connectivity index is 1.53. The smallest absolute Gasteiger partial charge is 0.259 e. The molecule has 2 N–H and O–H groups in total. The molecule has 0 atom stereocenters. The Morgan fingerprint density at radius 3 is 2.45 bits per heavy atom. The molecule has 6 nitrogen and oxygen atoms in total. The Morgan fingerprint density at radius 2 is 1.73 bits per heavy atom. The molecule has 1 amide bonds. The van der Waals surface area contributed by atoms with Gasteiger partial charge in [-0.05, 0) is 67.9 Å². The van der Waals surface area contributed by atoms with Crippen molar-refractivity contribution in [3.05, 3.63) is 107 Å². The zero-order valence-corrected chi connectivity index (χ0v) is 18.3. The van der Waals surface area contributed by atoms with Gasteiger partial charge in [-0.3, -0.25) is 9.59 Å². The lowest BCUT2D eigenvalue weighted by Gasteiger charge is -2.05. The Labute approximate surface area is 190 Å². The molecular formula is C26H23FN4O2. The van der Waals surface area contributed by atoms with Crippen LogP contribution in [0, 0.1) is 19.7 Å². The normalized spacial score (nSPS) is 11.1. The summed E-state index contributed by atoms with van der Waals surface area (Å²) in [6, 6.07) is 18.8. The molecule has 4 aromatic rings. The molecule has 0 radical (unpaired) electrons. The maximum absolute atomic E-state index is 13.3. The Hall–Kier alpha value is -4.26. The molecule has 0 saturated carbocycles. The highest BCUT2D eigenvalue weighted by atomic mass is 19.1. The second-order valence-corrected chi connectivity index (χ2v) is 7.69. The molecule has 0 unspecified atom stereocenters. The van der Waals surface area contributed by atoms with Crippen molar-refractivity contribution in [3.8, 4) is 0 Å². The largest absolute Gasteiger partial charge is 0.376 e. The number of carbonyl (C=O) groups is 2. The molecule has 0 aliphatic heterocycles. The first-order chi connectivity index (χ1) is 15.9. The summed E-state index contributed by atoms with van der Waals surface area (Å²) in [7, 11) is 0. The SMILES string of the molecule is Cc1ccc(NCC(=O)N/N=C/c2c(C)c(C(=O)c3ccc(F)cc3)n3ccccc23)cc1. The van der Waals surface area contributed by atoms with Gasteiger partial charge in [0.05, 0.1) is 24.0 Å². The van der Waals surface area contributed by atoms with E-state index in [-0.39, 0.29) is 18.2 Å². The maximum Gasteiger partial charge on any atom is 0.259 e. The number of hydrogen-bond donors (Lipinski definition) is 2. The maximum atomic E-state index is 13.3. The molecule has 0 bridgehead atoms. The van der Waals surface area contributed by atoms with E-state index in [1.807, 2.05) is 56.3 Å². The van der Waals surface area contributed by atoms with Crippen LogP contribution in [0.4, 0.5) is 10.1 Å². The number of rotatable bonds is 7. The lowest BCUT2D eigenvalue weighted by molar-refractivity contribution is -0.119. The third kappa shape index (κ3) is 4.82. The topological polar surface area (TPSA) is 75.0 Å². The van der Waals surface area contributed by atoms with Gasteiger partial charge in [0.2, 0.25) is 5.78 Å². The molecule has 33 heavy (non-hydrogen) atoms. The zero-order valence-electron chi connectivity index (χ0n) is 18.3. The van der Waals surface area contributed by atoms with E-state index in [0.717, 1.165) is 16.8 Å². The third-order valence-corrected chi connectivity index (χ3v) is 5.34. The highest BCUT2D eigenvalue weighted by Gasteiger charge is 2.20. The first kappa shape index (κ1) is 22.0. The number of ketones is 1. The fraction of sp³-hybridized carbons (Fsp3) is 0.115. The third-order valence-electron chi connectivity index (χ3n) is 5.34. The van der Waals surface area contributed by atoms with Crippen molar-refractivity contribution in [1.29, 1.82) is 0 Å². The highest BCUT2D eigenvalue weighted by molar-refractivity contribution is 6.12. The van der Waals surface area contributed by atoms with Crippen molar-refractivity contribution in [2.75, 3.05) is 11.9 Å². The molecule has 0 aliphatic rings. The lowest BCUT2D eigenvalue weighted by atomic mass is 10.0. The van der Waals surface area contributed by atoms with E-state index < -0.39 is 5.82 Å². The highest BCUT2D eigenvalue weighted by Crippen LogP contribution is 2.24. The lowest BCUT2D eigenvalue weighted by Crippen LogP contribution is -2.25. The van der Waals surface area contributed by atoms with E-state index in [1.165, 1.54) is 30.5 Å². The number of hydrogen-bond acceptors (Lipinski definition) is 4. The van der Waals surface area contributed by atoms with Gasteiger partial charge in [0.15, 0.2) is 0 Å². The van der Waals surface area contributed by atoms with Crippen LogP contribution in [0.1, 0.15) is 32.7 Å². The number of nitrogens with zero attached hydrogens (tertiary/aromatic N) is 2. The van der Waals surface area contributed by atoms with Gasteiger partial charge in [-0.2, -0.15) is 5.10 Å². The first-order valence-electron chi connectivity index (χ1n) is 10.5. The van der Waals surface area contributed by atoms with Gasteiger partial charge in [0.1, 0.15) is 5.82 Å². The number of benzene rings is 2. The minimum absolute atomic E-state index is 0.0736. The number of aryl methyl sites for hydroxylation is 1. The summed E-state index contributed by atoms with van der Waals surface area (Å²) in [5.41, 5.74) is 7.56. The van der Waals surface area contributed by atoms with Crippen LogP contribution >= 0.6 is 0 Å². The van der Waals surface area contributed by atoms with E-state index in [1.54, 1.807) is 10.6 Å². The average Bonchev–Trinajstić information content (AvgIpc) is 3.10. The van der Waals surface area contributed by atoms with Crippen LogP contribution in [0.3, 0.4) is 0 Å². The molecule has 0 aliphatic carbocycles. The van der Waals surface area contributed by atoms with Crippen molar-refractivity contribution in [2.24, 2.45) is 5.10 Å². The van der Waals surface area contributed by atoms with Gasteiger partial charge in [-0.15, -0.1) is 0 Å². The molecule has 2 aromatic carbocycles. The summed E-state index contributed by atoms with van der Waals surface area (Å²) in [6.07, 6.45) is 3.33. The van der Waals surface area contributed by atoms with Gasteiger partial charge >= 0.3 is 0 Å². The van der Waals surface area contributed by atoms with Crippen molar-refractivity contribution in [2.45, 2.75) is 13.8 Å². The monoisotopic (exact) mass is 442 g/mol. The van der Waals surface area contributed by atoms with Crippen molar-refractivity contribution >= 4 is 29.1 Å². The van der Waals surface area contributed by atoms with Crippen molar-refractivity contribution in [3.63, 3.8) is 0 Å². The number of carbonyl (C=O) groups excluding carboxylic acids is 2. The summed E-state index contributed by atoms with van der Waals surface area (Å²) < 4.78 is 15.1. The number of halogens is 1. The van der Waals surface area contributed by atoms with Gasteiger partial charge in [0.25, 0.3) is 5.91 Å². The Morgan fingerprint density at radius 1 is 1.00 bits per heavy atom. The number of hydrazone groups is 1. The summed E-state index contributed by atoms with van der Waals surface area (Å²) in [6.45, 7) is 3.90. The van der Waals surface area contributed by atoms with E-state index >= 15 is 0 Å². The van der Waals surface area contributed by atoms with E-state index in [0.29, 0.717) is 22.4 Å². The van der Waals surface area contributed by atoms with Crippen LogP contribution in [0.25, 0.3) is 5.52 Å². The minimum Gasteiger partial charge on any atom is -0.376 e. The molecule has 0 spiro atoms. The number of nitrogens with one attached hydrogen (secondary N) is 2. The van der Waals surface area contributed by atoms with Gasteiger partial charge < -0.3 is 9.72 Å². The Kier molecular flexibility index (Phi) is 6.31. The number of pyridine rings is 1. The van der Waals surface area contributed by atoms with Crippen LogP contribution in [0.5, 0.6) is 0 Å². The first-order valence-corrected chi connectivity index (χ1v) is 10.5. The molecule has 4 rings (SSSR count). The molecule has 7 heteroatoms. The second-order valence-electron chi connectivity index (χ2n) is 7.69. The number of aromatic nitrogens is 1. The van der Waals surface area contributed by atoms with E-state index in [9.17, 15) is 14.0 Å². The standard InChI is InChI=1S/C26H23FN4O2/c1-17-6-12-21(13-7-17)28-16-24(32)30-29-15-22-18(2)25(31-14-4-3-5-23(22)31)26(33)19-8-10-20(27)11-9-19/h3-15,28H,16H2,1-2H3,(H,30,32)/b29-15+.